The van der Waals surface area contributed by atoms with Gasteiger partial charge >= 0.3 is 5.97 Å². The molecule has 0 radical (unpaired) electrons. The number of esters is 1. The number of nitrogens with zero attached hydrogens (tertiary/aromatic N) is 1. The van der Waals surface area contributed by atoms with Crippen LogP contribution < -0.4 is 5.73 Å². The van der Waals surface area contributed by atoms with Crippen molar-refractivity contribution in [1.29, 1.82) is 0 Å². The molecule has 0 aliphatic heterocycles. The van der Waals surface area contributed by atoms with Gasteiger partial charge in [0.25, 0.3) is 5.91 Å². The second-order valence-electron chi connectivity index (χ2n) is 4.34. The van der Waals surface area contributed by atoms with Crippen molar-refractivity contribution in [3.8, 4) is 0 Å². The number of carbonyl (C=O) groups excluding carboxylic acids is 2. The highest BCUT2D eigenvalue weighted by Crippen LogP contribution is 2.15. The van der Waals surface area contributed by atoms with Crippen LogP contribution in [0.4, 0.5) is 10.1 Å². The number of ether oxygens (including phenoxy) is 1. The van der Waals surface area contributed by atoms with Crippen LogP contribution in [-0.4, -0.2) is 36.5 Å². The molecule has 0 fully saturated rings. The minimum Gasteiger partial charge on any atom is -0.468 e. The lowest BCUT2D eigenvalue weighted by molar-refractivity contribution is -0.141. The normalized spacial score (nSPS) is 10.4. The summed E-state index contributed by atoms with van der Waals surface area (Å²) in [6.45, 7) is 3.34. The molecular formula is C13H17FN2O3. The fourth-order valence-corrected chi connectivity index (χ4v) is 1.52. The highest BCUT2D eigenvalue weighted by molar-refractivity contribution is 5.96. The van der Waals surface area contributed by atoms with E-state index in [0.717, 1.165) is 6.07 Å². The van der Waals surface area contributed by atoms with Crippen LogP contribution in [0.5, 0.6) is 0 Å². The van der Waals surface area contributed by atoms with Crippen LogP contribution in [0, 0.1) is 5.82 Å². The number of nitrogens with two attached hydrogens (primary N) is 1. The van der Waals surface area contributed by atoms with Crippen LogP contribution in [0.25, 0.3) is 0 Å². The summed E-state index contributed by atoms with van der Waals surface area (Å²) in [5.41, 5.74) is 5.47. The molecule has 6 heteroatoms. The number of nitrogen functional groups attached to an aromatic ring is 1. The van der Waals surface area contributed by atoms with Crippen molar-refractivity contribution < 1.29 is 18.7 Å². The van der Waals surface area contributed by atoms with E-state index in [9.17, 15) is 14.0 Å². The van der Waals surface area contributed by atoms with Gasteiger partial charge in [0.1, 0.15) is 12.4 Å². The van der Waals surface area contributed by atoms with E-state index in [1.807, 2.05) is 0 Å². The van der Waals surface area contributed by atoms with Gasteiger partial charge in [-0.1, -0.05) is 0 Å². The molecule has 0 aliphatic rings. The lowest BCUT2D eigenvalue weighted by Gasteiger charge is -2.25. The van der Waals surface area contributed by atoms with Gasteiger partial charge in [-0.3, -0.25) is 9.59 Å². The number of hydrogen-bond donors (Lipinski definition) is 1. The number of methoxy groups -OCH3 is 1. The number of rotatable bonds is 4. The third kappa shape index (κ3) is 3.67. The molecule has 0 heterocycles. The predicted molar refractivity (Wildman–Crippen MR) is 69.0 cm³/mol. The van der Waals surface area contributed by atoms with Gasteiger partial charge in [-0.15, -0.1) is 0 Å². The average Bonchev–Trinajstić information content (AvgIpc) is 2.37. The maximum absolute atomic E-state index is 13.3. The number of hydrogen-bond acceptors (Lipinski definition) is 4. The Morgan fingerprint density at radius 2 is 2.05 bits per heavy atom. The monoisotopic (exact) mass is 268 g/mol. The molecule has 0 saturated heterocycles. The van der Waals surface area contributed by atoms with E-state index in [2.05, 4.69) is 4.74 Å². The zero-order valence-corrected chi connectivity index (χ0v) is 11.1. The highest BCUT2D eigenvalue weighted by Gasteiger charge is 2.22. The molecule has 0 saturated carbocycles. The number of anilines is 1. The van der Waals surface area contributed by atoms with Gasteiger partial charge in [0.05, 0.1) is 12.8 Å². The molecule has 0 aliphatic carbocycles. The van der Waals surface area contributed by atoms with Crippen molar-refractivity contribution in [2.24, 2.45) is 0 Å². The third-order valence-corrected chi connectivity index (χ3v) is 2.66. The van der Waals surface area contributed by atoms with Crippen molar-refractivity contribution in [3.05, 3.63) is 29.6 Å². The first-order valence-electron chi connectivity index (χ1n) is 5.79. The molecule has 0 unspecified atom stereocenters. The van der Waals surface area contributed by atoms with Crippen molar-refractivity contribution in [2.75, 3.05) is 19.4 Å². The Kier molecular flexibility index (Phi) is 4.86. The summed E-state index contributed by atoms with van der Waals surface area (Å²) in [6, 6.07) is 3.59. The van der Waals surface area contributed by atoms with Crippen LogP contribution in [-0.2, 0) is 9.53 Å². The topological polar surface area (TPSA) is 72.6 Å². The summed E-state index contributed by atoms with van der Waals surface area (Å²) >= 11 is 0. The Balaban J connectivity index is 2.99. The van der Waals surface area contributed by atoms with Crippen LogP contribution >= 0.6 is 0 Å². The maximum atomic E-state index is 13.3. The Labute approximate surface area is 111 Å². The molecule has 2 N–H and O–H groups in total. The van der Waals surface area contributed by atoms with Crippen LogP contribution in [0.1, 0.15) is 24.2 Å². The number of carbonyl (C=O) groups is 2. The van der Waals surface area contributed by atoms with Gasteiger partial charge in [-0.2, -0.15) is 0 Å². The predicted octanol–water partition coefficient (Wildman–Crippen LogP) is 1.43. The van der Waals surface area contributed by atoms with E-state index in [1.165, 1.54) is 24.1 Å². The molecule has 0 bridgehead atoms. The van der Waals surface area contributed by atoms with Gasteiger partial charge in [-0.05, 0) is 32.0 Å². The average molecular weight is 268 g/mol. The SMILES string of the molecule is COC(=O)CN(C(=O)c1ccc(N)c(F)c1)C(C)C. The van der Waals surface area contributed by atoms with Crippen molar-refractivity contribution in [1.82, 2.24) is 4.90 Å². The summed E-state index contributed by atoms with van der Waals surface area (Å²) in [6.07, 6.45) is 0. The molecule has 1 aromatic carbocycles. The van der Waals surface area contributed by atoms with E-state index in [0.29, 0.717) is 0 Å². The lowest BCUT2D eigenvalue weighted by Crippen LogP contribution is -2.41. The fourth-order valence-electron chi connectivity index (χ4n) is 1.52. The minimum absolute atomic E-state index is 0.0272. The first-order chi connectivity index (χ1) is 8.86. The molecule has 1 aromatic rings. The van der Waals surface area contributed by atoms with Gasteiger partial charge in [0.15, 0.2) is 0 Å². The maximum Gasteiger partial charge on any atom is 0.325 e. The van der Waals surface area contributed by atoms with Crippen molar-refractivity contribution in [2.45, 2.75) is 19.9 Å². The fraction of sp³-hybridized carbons (Fsp3) is 0.385. The first-order valence-corrected chi connectivity index (χ1v) is 5.79. The smallest absolute Gasteiger partial charge is 0.325 e. The highest BCUT2D eigenvalue weighted by atomic mass is 19.1. The molecule has 0 spiro atoms. The van der Waals surface area contributed by atoms with E-state index in [4.69, 9.17) is 5.73 Å². The molecular weight excluding hydrogens is 251 g/mol. The van der Waals surface area contributed by atoms with Crippen molar-refractivity contribution >= 4 is 17.6 Å². The zero-order valence-electron chi connectivity index (χ0n) is 11.1. The van der Waals surface area contributed by atoms with Crippen LogP contribution in [0.3, 0.4) is 0 Å². The largest absolute Gasteiger partial charge is 0.468 e. The van der Waals surface area contributed by atoms with Crippen molar-refractivity contribution in [3.63, 3.8) is 0 Å². The summed E-state index contributed by atoms with van der Waals surface area (Å²) in [7, 11) is 1.24. The summed E-state index contributed by atoms with van der Waals surface area (Å²) in [5, 5.41) is 0. The summed E-state index contributed by atoms with van der Waals surface area (Å²) in [5.74, 6) is -1.63. The van der Waals surface area contributed by atoms with Crippen LogP contribution in [0.15, 0.2) is 18.2 Å². The molecule has 1 rings (SSSR count). The summed E-state index contributed by atoms with van der Waals surface area (Å²) in [4.78, 5) is 24.8. The molecule has 1 amide bonds. The number of halogens is 1. The lowest BCUT2D eigenvalue weighted by atomic mass is 10.1. The molecule has 0 atom stereocenters. The first kappa shape index (κ1) is 14.9. The molecule has 19 heavy (non-hydrogen) atoms. The quantitative estimate of drug-likeness (QED) is 0.662. The van der Waals surface area contributed by atoms with E-state index < -0.39 is 17.7 Å². The van der Waals surface area contributed by atoms with E-state index in [1.54, 1.807) is 13.8 Å². The Hall–Kier alpha value is -2.11. The third-order valence-electron chi connectivity index (χ3n) is 2.66. The minimum atomic E-state index is -0.660. The molecule has 0 aromatic heterocycles. The standard InChI is InChI=1S/C13H17FN2O3/c1-8(2)16(7-12(17)19-3)13(18)9-4-5-11(15)10(14)6-9/h4-6,8H,7,15H2,1-3H3. The second kappa shape index (κ2) is 6.17. The van der Waals surface area contributed by atoms with E-state index in [-0.39, 0.29) is 23.8 Å². The van der Waals surface area contributed by atoms with Gasteiger partial charge in [-0.25, -0.2) is 4.39 Å². The van der Waals surface area contributed by atoms with E-state index >= 15 is 0 Å². The zero-order chi connectivity index (χ0) is 14.6. The van der Waals surface area contributed by atoms with Gasteiger partial charge in [0.2, 0.25) is 0 Å². The molecule has 5 nitrogen and oxygen atoms in total. The Morgan fingerprint density at radius 1 is 1.42 bits per heavy atom. The van der Waals surface area contributed by atoms with Gasteiger partial charge < -0.3 is 15.4 Å². The second-order valence-corrected chi connectivity index (χ2v) is 4.34. The summed E-state index contributed by atoms with van der Waals surface area (Å²) < 4.78 is 17.9. The number of amides is 1. The number of benzene rings is 1. The molecule has 104 valence electrons. The van der Waals surface area contributed by atoms with Crippen LogP contribution in [0.2, 0.25) is 0 Å². The Bertz CT molecular complexity index is 489. The van der Waals surface area contributed by atoms with Gasteiger partial charge in [0, 0.05) is 11.6 Å². The Morgan fingerprint density at radius 3 is 2.53 bits per heavy atom.